The van der Waals surface area contributed by atoms with Gasteiger partial charge < -0.3 is 5.11 Å². The molecule has 15 heavy (non-hydrogen) atoms. The zero-order valence-corrected chi connectivity index (χ0v) is 8.72. The zero-order chi connectivity index (χ0) is 10.7. The number of hydrogen-bond donors (Lipinski definition) is 1. The zero-order valence-electron chi connectivity index (χ0n) is 7.97. The number of halogens is 1. The molecule has 0 saturated heterocycles. The summed E-state index contributed by atoms with van der Waals surface area (Å²) in [5.74, 6) is 0. The molecule has 0 aliphatic carbocycles. The summed E-state index contributed by atoms with van der Waals surface area (Å²) in [6, 6.07) is 10.7. The highest BCUT2D eigenvalue weighted by atomic mass is 35.5. The van der Waals surface area contributed by atoms with Crippen molar-refractivity contribution >= 4 is 11.6 Å². The summed E-state index contributed by atoms with van der Waals surface area (Å²) < 4.78 is 0. The molecule has 0 amide bonds. The Morgan fingerprint density at radius 1 is 0.933 bits per heavy atom. The molecule has 2 nitrogen and oxygen atoms in total. The summed E-state index contributed by atoms with van der Waals surface area (Å²) in [7, 11) is 0. The van der Waals surface area contributed by atoms with Gasteiger partial charge in [0.15, 0.2) is 0 Å². The molecular weight excluding hydrogens is 210 g/mol. The van der Waals surface area contributed by atoms with Crippen molar-refractivity contribution < 1.29 is 5.11 Å². The molecule has 0 saturated carbocycles. The Balaban J connectivity index is 2.29. The average Bonchev–Trinajstić information content (AvgIpc) is 2.30. The van der Waals surface area contributed by atoms with E-state index in [1.807, 2.05) is 12.1 Å². The SMILES string of the molecule is O[C@H](c1ccncc1)c1ccc(Cl)cc1. The molecule has 1 heterocycles. The molecule has 0 aliphatic heterocycles. The number of nitrogens with zero attached hydrogens (tertiary/aromatic N) is 1. The van der Waals surface area contributed by atoms with Gasteiger partial charge in [-0.05, 0) is 35.4 Å². The van der Waals surface area contributed by atoms with Gasteiger partial charge >= 0.3 is 0 Å². The second-order valence-corrected chi connectivity index (χ2v) is 3.67. The molecule has 76 valence electrons. The van der Waals surface area contributed by atoms with Gasteiger partial charge in [0, 0.05) is 17.4 Å². The van der Waals surface area contributed by atoms with Crippen LogP contribution in [0, 0.1) is 0 Å². The molecule has 1 atom stereocenters. The van der Waals surface area contributed by atoms with Gasteiger partial charge in [-0.2, -0.15) is 0 Å². The van der Waals surface area contributed by atoms with Crippen molar-refractivity contribution in [1.82, 2.24) is 4.98 Å². The predicted molar refractivity (Wildman–Crippen MR) is 59.8 cm³/mol. The smallest absolute Gasteiger partial charge is 0.104 e. The molecular formula is C12H10ClNO. The van der Waals surface area contributed by atoms with Crippen LogP contribution in [0.1, 0.15) is 17.2 Å². The van der Waals surface area contributed by atoms with Gasteiger partial charge in [-0.3, -0.25) is 4.98 Å². The molecule has 0 fully saturated rings. The van der Waals surface area contributed by atoms with Crippen molar-refractivity contribution in [2.24, 2.45) is 0 Å². The van der Waals surface area contributed by atoms with E-state index in [9.17, 15) is 5.11 Å². The molecule has 3 heteroatoms. The maximum absolute atomic E-state index is 10.0. The predicted octanol–water partition coefficient (Wildman–Crippen LogP) is 2.82. The van der Waals surface area contributed by atoms with Gasteiger partial charge in [0.05, 0.1) is 0 Å². The number of pyridine rings is 1. The largest absolute Gasteiger partial charge is 0.384 e. The van der Waals surface area contributed by atoms with Crippen LogP contribution in [0.25, 0.3) is 0 Å². The average molecular weight is 220 g/mol. The summed E-state index contributed by atoms with van der Waals surface area (Å²) in [6.45, 7) is 0. The minimum Gasteiger partial charge on any atom is -0.384 e. The Morgan fingerprint density at radius 3 is 2.07 bits per heavy atom. The van der Waals surface area contributed by atoms with Gasteiger partial charge in [0.25, 0.3) is 0 Å². The van der Waals surface area contributed by atoms with Gasteiger partial charge in [-0.25, -0.2) is 0 Å². The monoisotopic (exact) mass is 219 g/mol. The fourth-order valence-corrected chi connectivity index (χ4v) is 1.51. The number of hydrogen-bond acceptors (Lipinski definition) is 2. The van der Waals surface area contributed by atoms with Crippen LogP contribution in [-0.4, -0.2) is 10.1 Å². The van der Waals surface area contributed by atoms with E-state index in [0.717, 1.165) is 11.1 Å². The van der Waals surface area contributed by atoms with E-state index in [0.29, 0.717) is 5.02 Å². The lowest BCUT2D eigenvalue weighted by Crippen LogP contribution is -1.98. The number of aliphatic hydroxyl groups is 1. The Morgan fingerprint density at radius 2 is 1.47 bits per heavy atom. The van der Waals surface area contributed by atoms with E-state index in [1.165, 1.54) is 0 Å². The van der Waals surface area contributed by atoms with Crippen LogP contribution in [0.15, 0.2) is 48.8 Å². The molecule has 1 N–H and O–H groups in total. The second kappa shape index (κ2) is 4.43. The number of rotatable bonds is 2. The summed E-state index contributed by atoms with van der Waals surface area (Å²) >= 11 is 5.77. The molecule has 1 aromatic heterocycles. The molecule has 0 radical (unpaired) electrons. The summed E-state index contributed by atoms with van der Waals surface area (Å²) in [5, 5.41) is 10.7. The first-order valence-corrected chi connectivity index (χ1v) is 4.98. The third-order valence-corrected chi connectivity index (χ3v) is 2.46. The maximum Gasteiger partial charge on any atom is 0.104 e. The fraction of sp³-hybridized carbons (Fsp3) is 0.0833. The van der Waals surface area contributed by atoms with Crippen molar-refractivity contribution in [3.8, 4) is 0 Å². The summed E-state index contributed by atoms with van der Waals surface area (Å²) in [4.78, 5) is 3.90. The van der Waals surface area contributed by atoms with Crippen molar-refractivity contribution in [1.29, 1.82) is 0 Å². The van der Waals surface area contributed by atoms with Crippen molar-refractivity contribution in [2.75, 3.05) is 0 Å². The van der Waals surface area contributed by atoms with Gasteiger partial charge in [0.1, 0.15) is 6.10 Å². The molecule has 2 aromatic rings. The maximum atomic E-state index is 10.0. The quantitative estimate of drug-likeness (QED) is 0.843. The number of aliphatic hydroxyl groups excluding tert-OH is 1. The third kappa shape index (κ3) is 2.35. The molecule has 2 rings (SSSR count). The molecule has 0 bridgehead atoms. The van der Waals surface area contributed by atoms with Gasteiger partial charge in [-0.1, -0.05) is 23.7 Å². The topological polar surface area (TPSA) is 33.1 Å². The Bertz CT molecular complexity index is 427. The van der Waals surface area contributed by atoms with E-state index < -0.39 is 6.10 Å². The van der Waals surface area contributed by atoms with E-state index in [-0.39, 0.29) is 0 Å². The minimum absolute atomic E-state index is 0.620. The summed E-state index contributed by atoms with van der Waals surface area (Å²) in [6.07, 6.45) is 2.70. The van der Waals surface area contributed by atoms with Crippen LogP contribution in [-0.2, 0) is 0 Å². The highest BCUT2D eigenvalue weighted by molar-refractivity contribution is 6.30. The molecule has 0 unspecified atom stereocenters. The normalized spacial score (nSPS) is 12.4. The van der Waals surface area contributed by atoms with Gasteiger partial charge in [-0.15, -0.1) is 0 Å². The summed E-state index contributed by atoms with van der Waals surface area (Å²) in [5.41, 5.74) is 1.65. The van der Waals surface area contributed by atoms with Crippen molar-refractivity contribution in [2.45, 2.75) is 6.10 Å². The van der Waals surface area contributed by atoms with E-state index in [4.69, 9.17) is 11.6 Å². The van der Waals surface area contributed by atoms with Crippen LogP contribution in [0.4, 0.5) is 0 Å². The third-order valence-electron chi connectivity index (χ3n) is 2.21. The lowest BCUT2D eigenvalue weighted by Gasteiger charge is -2.10. The van der Waals surface area contributed by atoms with Crippen LogP contribution < -0.4 is 0 Å². The van der Waals surface area contributed by atoms with E-state index >= 15 is 0 Å². The Hall–Kier alpha value is -1.38. The van der Waals surface area contributed by atoms with Crippen molar-refractivity contribution in [3.05, 3.63) is 64.9 Å². The highest BCUT2D eigenvalue weighted by Gasteiger charge is 2.09. The van der Waals surface area contributed by atoms with Crippen LogP contribution in [0.3, 0.4) is 0 Å². The first kappa shape index (κ1) is 10.1. The van der Waals surface area contributed by atoms with Crippen LogP contribution >= 0.6 is 11.6 Å². The molecule has 0 aliphatic rings. The standard InChI is InChI=1S/C12H10ClNO/c13-11-3-1-9(2-4-11)12(15)10-5-7-14-8-6-10/h1-8,12,15H/t12-/m0/s1. The fourth-order valence-electron chi connectivity index (χ4n) is 1.38. The van der Waals surface area contributed by atoms with Gasteiger partial charge in [0.2, 0.25) is 0 Å². The highest BCUT2D eigenvalue weighted by Crippen LogP contribution is 2.22. The lowest BCUT2D eigenvalue weighted by atomic mass is 10.0. The first-order valence-electron chi connectivity index (χ1n) is 4.61. The molecule has 0 spiro atoms. The second-order valence-electron chi connectivity index (χ2n) is 3.23. The Kier molecular flexibility index (Phi) is 2.99. The first-order chi connectivity index (χ1) is 7.27. The van der Waals surface area contributed by atoms with Crippen LogP contribution in [0.2, 0.25) is 5.02 Å². The lowest BCUT2D eigenvalue weighted by molar-refractivity contribution is 0.220. The number of aromatic nitrogens is 1. The van der Waals surface area contributed by atoms with E-state index in [1.54, 1.807) is 36.7 Å². The number of benzene rings is 1. The van der Waals surface area contributed by atoms with E-state index in [2.05, 4.69) is 4.98 Å². The van der Waals surface area contributed by atoms with Crippen molar-refractivity contribution in [3.63, 3.8) is 0 Å². The molecule has 1 aromatic carbocycles. The Labute approximate surface area is 93.2 Å². The minimum atomic E-state index is -0.620. The van der Waals surface area contributed by atoms with Crippen LogP contribution in [0.5, 0.6) is 0 Å².